The Morgan fingerprint density at radius 2 is 1.67 bits per heavy atom. The fourth-order valence-electron chi connectivity index (χ4n) is 2.09. The highest BCUT2D eigenvalue weighted by Gasteiger charge is 2.10. The molecule has 0 saturated carbocycles. The third kappa shape index (κ3) is 4.58. The van der Waals surface area contributed by atoms with Crippen LogP contribution < -0.4 is 5.32 Å². The van der Waals surface area contributed by atoms with Gasteiger partial charge >= 0.3 is 0 Å². The van der Waals surface area contributed by atoms with Gasteiger partial charge in [0.15, 0.2) is 9.84 Å². The molecule has 5 heteroatoms. The largest absolute Gasteiger partial charge is 0.394 e. The van der Waals surface area contributed by atoms with E-state index in [1.165, 1.54) is 6.26 Å². The van der Waals surface area contributed by atoms with Crippen molar-refractivity contribution in [1.29, 1.82) is 0 Å². The summed E-state index contributed by atoms with van der Waals surface area (Å²) in [5, 5.41) is 12.7. The molecule has 2 aromatic carbocycles. The highest BCUT2D eigenvalue weighted by atomic mass is 32.2. The molecule has 0 spiro atoms. The van der Waals surface area contributed by atoms with Gasteiger partial charge in [-0.1, -0.05) is 30.3 Å². The fourth-order valence-corrected chi connectivity index (χ4v) is 2.72. The molecule has 0 aliphatic carbocycles. The first-order chi connectivity index (χ1) is 9.99. The molecule has 0 radical (unpaired) electrons. The van der Waals surface area contributed by atoms with E-state index in [1.54, 1.807) is 24.3 Å². The summed E-state index contributed by atoms with van der Waals surface area (Å²) in [6, 6.07) is 16.3. The fraction of sp³-hybridized carbons (Fsp3) is 0.250. The zero-order chi connectivity index (χ0) is 15.3. The molecule has 2 rings (SSSR count). The minimum Gasteiger partial charge on any atom is -0.394 e. The topological polar surface area (TPSA) is 66.4 Å². The normalized spacial score (nSPS) is 12.9. The Balaban J connectivity index is 2.05. The highest BCUT2D eigenvalue weighted by molar-refractivity contribution is 7.90. The zero-order valence-electron chi connectivity index (χ0n) is 11.9. The van der Waals surface area contributed by atoms with Crippen LogP contribution in [0.15, 0.2) is 59.5 Å². The van der Waals surface area contributed by atoms with Crippen LogP contribution in [0.2, 0.25) is 0 Å². The minimum atomic E-state index is -3.18. The third-order valence-corrected chi connectivity index (χ3v) is 4.33. The van der Waals surface area contributed by atoms with Gasteiger partial charge in [0, 0.05) is 11.9 Å². The Kier molecular flexibility index (Phi) is 4.98. The highest BCUT2D eigenvalue weighted by Crippen LogP contribution is 2.15. The van der Waals surface area contributed by atoms with Crippen molar-refractivity contribution < 1.29 is 13.5 Å². The monoisotopic (exact) mass is 305 g/mol. The van der Waals surface area contributed by atoms with Gasteiger partial charge in [0.25, 0.3) is 0 Å². The molecule has 0 heterocycles. The number of benzene rings is 2. The molecular weight excluding hydrogens is 286 g/mol. The molecule has 0 bridgehead atoms. The van der Waals surface area contributed by atoms with Crippen molar-refractivity contribution in [3.05, 3.63) is 60.2 Å². The molecule has 2 aromatic rings. The van der Waals surface area contributed by atoms with Crippen molar-refractivity contribution in [3.8, 4) is 0 Å². The second-order valence-corrected chi connectivity index (χ2v) is 7.03. The molecule has 0 fully saturated rings. The summed E-state index contributed by atoms with van der Waals surface area (Å²) in [7, 11) is -3.18. The lowest BCUT2D eigenvalue weighted by Crippen LogP contribution is -2.26. The van der Waals surface area contributed by atoms with Crippen molar-refractivity contribution in [2.24, 2.45) is 0 Å². The molecule has 0 amide bonds. The molecule has 1 unspecified atom stereocenters. The average Bonchev–Trinajstić information content (AvgIpc) is 2.47. The van der Waals surface area contributed by atoms with E-state index in [1.807, 2.05) is 30.3 Å². The zero-order valence-corrected chi connectivity index (χ0v) is 12.7. The van der Waals surface area contributed by atoms with Gasteiger partial charge in [0.1, 0.15) is 0 Å². The predicted octanol–water partition coefficient (Wildman–Crippen LogP) is 2.11. The molecule has 112 valence electrons. The Bertz CT molecular complexity index is 666. The standard InChI is InChI=1S/C16H19NO3S/c1-21(19,20)16-9-7-14(8-10-16)17-15(12-18)11-13-5-3-2-4-6-13/h2-10,15,17-18H,11-12H2,1H3. The lowest BCUT2D eigenvalue weighted by molar-refractivity contribution is 0.273. The summed E-state index contributed by atoms with van der Waals surface area (Å²) in [5.41, 5.74) is 1.93. The van der Waals surface area contributed by atoms with Gasteiger partial charge in [-0.15, -0.1) is 0 Å². The van der Waals surface area contributed by atoms with Crippen LogP contribution in [0.5, 0.6) is 0 Å². The number of hydrogen-bond donors (Lipinski definition) is 2. The number of aliphatic hydroxyl groups excluding tert-OH is 1. The Morgan fingerprint density at radius 3 is 2.19 bits per heavy atom. The van der Waals surface area contributed by atoms with Crippen LogP contribution in [0, 0.1) is 0 Å². The van der Waals surface area contributed by atoms with Gasteiger partial charge in [-0.2, -0.15) is 0 Å². The summed E-state index contributed by atoms with van der Waals surface area (Å²) in [6.45, 7) is 0.00270. The van der Waals surface area contributed by atoms with E-state index in [-0.39, 0.29) is 17.5 Å². The summed E-state index contributed by atoms with van der Waals surface area (Å²) < 4.78 is 22.8. The molecule has 21 heavy (non-hydrogen) atoms. The number of nitrogens with one attached hydrogen (secondary N) is 1. The Morgan fingerprint density at radius 1 is 1.05 bits per heavy atom. The third-order valence-electron chi connectivity index (χ3n) is 3.20. The first kappa shape index (κ1) is 15.5. The van der Waals surface area contributed by atoms with Crippen LogP contribution in [0.1, 0.15) is 5.56 Å². The second kappa shape index (κ2) is 6.74. The van der Waals surface area contributed by atoms with Crippen LogP contribution >= 0.6 is 0 Å². The molecule has 2 N–H and O–H groups in total. The van der Waals surface area contributed by atoms with E-state index in [0.717, 1.165) is 11.3 Å². The molecule has 0 aliphatic rings. The molecule has 0 saturated heterocycles. The maximum Gasteiger partial charge on any atom is 0.175 e. The first-order valence-electron chi connectivity index (χ1n) is 6.70. The van der Waals surface area contributed by atoms with Crippen molar-refractivity contribution in [2.75, 3.05) is 18.2 Å². The lowest BCUT2D eigenvalue weighted by atomic mass is 10.1. The minimum absolute atomic E-state index is 0.00270. The number of sulfone groups is 1. The van der Waals surface area contributed by atoms with Crippen molar-refractivity contribution in [2.45, 2.75) is 17.4 Å². The SMILES string of the molecule is CS(=O)(=O)c1ccc(NC(CO)Cc2ccccc2)cc1. The van der Waals surface area contributed by atoms with Gasteiger partial charge in [-0.05, 0) is 36.2 Å². The molecular formula is C16H19NO3S. The van der Waals surface area contributed by atoms with E-state index in [2.05, 4.69) is 5.32 Å². The van der Waals surface area contributed by atoms with Crippen LogP contribution in [-0.4, -0.2) is 32.4 Å². The first-order valence-corrected chi connectivity index (χ1v) is 8.59. The van der Waals surface area contributed by atoms with Gasteiger partial charge in [0.2, 0.25) is 0 Å². The lowest BCUT2D eigenvalue weighted by Gasteiger charge is -2.18. The van der Waals surface area contributed by atoms with Crippen molar-refractivity contribution >= 4 is 15.5 Å². The maximum atomic E-state index is 11.4. The van der Waals surface area contributed by atoms with E-state index in [4.69, 9.17) is 0 Å². The summed E-state index contributed by atoms with van der Waals surface area (Å²) >= 11 is 0. The van der Waals surface area contributed by atoms with Crippen molar-refractivity contribution in [1.82, 2.24) is 0 Å². The van der Waals surface area contributed by atoms with Crippen molar-refractivity contribution in [3.63, 3.8) is 0 Å². The Labute approximate surface area is 125 Å². The van der Waals surface area contributed by atoms with Gasteiger partial charge in [-0.25, -0.2) is 8.42 Å². The van der Waals surface area contributed by atoms with E-state index < -0.39 is 9.84 Å². The smallest absolute Gasteiger partial charge is 0.175 e. The summed E-state index contributed by atoms with van der Waals surface area (Å²) in [5.74, 6) is 0. The average molecular weight is 305 g/mol. The second-order valence-electron chi connectivity index (χ2n) is 5.01. The number of rotatable bonds is 6. The van der Waals surface area contributed by atoms with Gasteiger partial charge in [-0.3, -0.25) is 0 Å². The Hall–Kier alpha value is -1.85. The van der Waals surface area contributed by atoms with E-state index in [9.17, 15) is 13.5 Å². The molecule has 0 aromatic heterocycles. The molecule has 1 atom stereocenters. The quantitative estimate of drug-likeness (QED) is 0.858. The van der Waals surface area contributed by atoms with Crippen LogP contribution in [0.4, 0.5) is 5.69 Å². The molecule has 4 nitrogen and oxygen atoms in total. The summed E-state index contributed by atoms with van der Waals surface area (Å²) in [6.07, 6.45) is 1.88. The van der Waals surface area contributed by atoms with E-state index in [0.29, 0.717) is 6.42 Å². The molecule has 0 aliphatic heterocycles. The van der Waals surface area contributed by atoms with Crippen LogP contribution in [-0.2, 0) is 16.3 Å². The van der Waals surface area contributed by atoms with E-state index >= 15 is 0 Å². The van der Waals surface area contributed by atoms with Crippen LogP contribution in [0.25, 0.3) is 0 Å². The number of aliphatic hydroxyl groups is 1. The van der Waals surface area contributed by atoms with Crippen LogP contribution in [0.3, 0.4) is 0 Å². The maximum absolute atomic E-state index is 11.4. The van der Waals surface area contributed by atoms with Gasteiger partial charge < -0.3 is 10.4 Å². The number of hydrogen-bond acceptors (Lipinski definition) is 4. The van der Waals surface area contributed by atoms with Gasteiger partial charge in [0.05, 0.1) is 17.5 Å². The number of anilines is 1. The summed E-state index contributed by atoms with van der Waals surface area (Å²) in [4.78, 5) is 0.289. The predicted molar refractivity (Wildman–Crippen MR) is 84.2 cm³/mol.